The fourth-order valence-electron chi connectivity index (χ4n) is 2.40. The second-order valence-electron chi connectivity index (χ2n) is 6.23. The van der Waals surface area contributed by atoms with E-state index in [0.717, 1.165) is 17.9 Å². The second-order valence-corrected chi connectivity index (χ2v) is 7.79. The standard InChI is InChI=1S/C16H28N2O2S/c1-12(2)7-5-8-13(3)18-14(4)15-9-6-10-16(11-15)21(17,19)20/h6,9-14,18H,5,7-8H2,1-4H3,(H2,17,19,20). The fraction of sp³-hybridized carbons (Fsp3) is 0.625. The average molecular weight is 312 g/mol. The normalized spacial score (nSPS) is 15.1. The van der Waals surface area contributed by atoms with Crippen molar-refractivity contribution in [3.63, 3.8) is 0 Å². The number of benzene rings is 1. The highest BCUT2D eigenvalue weighted by molar-refractivity contribution is 7.89. The van der Waals surface area contributed by atoms with E-state index < -0.39 is 10.0 Å². The first kappa shape index (κ1) is 18.1. The van der Waals surface area contributed by atoms with Crippen LogP contribution in [0.1, 0.15) is 58.6 Å². The maximum absolute atomic E-state index is 11.4. The predicted molar refractivity (Wildman–Crippen MR) is 87.5 cm³/mol. The minimum Gasteiger partial charge on any atom is -0.308 e. The molecule has 4 nitrogen and oxygen atoms in total. The van der Waals surface area contributed by atoms with Crippen molar-refractivity contribution < 1.29 is 8.42 Å². The Balaban J connectivity index is 2.61. The highest BCUT2D eigenvalue weighted by Gasteiger charge is 2.13. The Morgan fingerprint density at radius 2 is 1.81 bits per heavy atom. The van der Waals surface area contributed by atoms with Crippen molar-refractivity contribution in [2.45, 2.75) is 63.9 Å². The van der Waals surface area contributed by atoms with Crippen molar-refractivity contribution >= 4 is 10.0 Å². The van der Waals surface area contributed by atoms with Gasteiger partial charge in [-0.2, -0.15) is 0 Å². The number of hydrogen-bond acceptors (Lipinski definition) is 3. The van der Waals surface area contributed by atoms with Crippen LogP contribution in [0, 0.1) is 5.92 Å². The number of primary sulfonamides is 1. The lowest BCUT2D eigenvalue weighted by atomic mass is 10.0. The van der Waals surface area contributed by atoms with Gasteiger partial charge in [-0.05, 0) is 43.9 Å². The maximum atomic E-state index is 11.4. The van der Waals surface area contributed by atoms with Gasteiger partial charge >= 0.3 is 0 Å². The van der Waals surface area contributed by atoms with Gasteiger partial charge in [0.15, 0.2) is 0 Å². The summed E-state index contributed by atoms with van der Waals surface area (Å²) in [6.07, 6.45) is 3.56. The van der Waals surface area contributed by atoms with Crippen LogP contribution >= 0.6 is 0 Å². The second kappa shape index (κ2) is 7.92. The molecule has 0 heterocycles. The summed E-state index contributed by atoms with van der Waals surface area (Å²) in [7, 11) is -3.64. The molecular formula is C16H28N2O2S. The molecule has 0 saturated carbocycles. The monoisotopic (exact) mass is 312 g/mol. The third-order valence-electron chi connectivity index (χ3n) is 3.64. The van der Waals surface area contributed by atoms with Gasteiger partial charge < -0.3 is 5.32 Å². The van der Waals surface area contributed by atoms with Gasteiger partial charge in [-0.15, -0.1) is 0 Å². The van der Waals surface area contributed by atoms with Crippen LogP contribution in [-0.4, -0.2) is 14.5 Å². The lowest BCUT2D eigenvalue weighted by Gasteiger charge is -2.21. The smallest absolute Gasteiger partial charge is 0.238 e. The Bertz CT molecular complexity index is 541. The van der Waals surface area contributed by atoms with E-state index in [4.69, 9.17) is 5.14 Å². The first-order valence-corrected chi connectivity index (χ1v) is 9.13. The van der Waals surface area contributed by atoms with Gasteiger partial charge in [-0.25, -0.2) is 13.6 Å². The van der Waals surface area contributed by atoms with Gasteiger partial charge in [0.25, 0.3) is 0 Å². The van der Waals surface area contributed by atoms with E-state index in [2.05, 4.69) is 26.1 Å². The quantitative estimate of drug-likeness (QED) is 0.774. The molecule has 2 atom stereocenters. The van der Waals surface area contributed by atoms with E-state index in [0.29, 0.717) is 6.04 Å². The van der Waals surface area contributed by atoms with Crippen molar-refractivity contribution in [1.29, 1.82) is 0 Å². The van der Waals surface area contributed by atoms with Crippen molar-refractivity contribution in [3.05, 3.63) is 29.8 Å². The van der Waals surface area contributed by atoms with Gasteiger partial charge in [0, 0.05) is 12.1 Å². The molecule has 3 N–H and O–H groups in total. The Hall–Kier alpha value is -0.910. The zero-order chi connectivity index (χ0) is 16.0. The van der Waals surface area contributed by atoms with Crippen molar-refractivity contribution in [2.75, 3.05) is 0 Å². The van der Waals surface area contributed by atoms with E-state index in [1.54, 1.807) is 12.1 Å². The van der Waals surface area contributed by atoms with Crippen molar-refractivity contribution in [1.82, 2.24) is 5.32 Å². The molecule has 0 aliphatic rings. The third-order valence-corrected chi connectivity index (χ3v) is 4.55. The summed E-state index contributed by atoms with van der Waals surface area (Å²) in [5.74, 6) is 0.737. The molecule has 1 aromatic carbocycles. The molecule has 0 aliphatic heterocycles. The molecule has 21 heavy (non-hydrogen) atoms. The molecule has 0 fully saturated rings. The van der Waals surface area contributed by atoms with Gasteiger partial charge in [-0.3, -0.25) is 0 Å². The molecule has 1 aromatic rings. The highest BCUT2D eigenvalue weighted by atomic mass is 32.2. The van der Waals surface area contributed by atoms with Crippen LogP contribution < -0.4 is 10.5 Å². The SMILES string of the molecule is CC(C)CCCC(C)NC(C)c1cccc(S(N)(=O)=O)c1. The molecule has 0 aromatic heterocycles. The zero-order valence-corrected chi connectivity index (χ0v) is 14.3. The van der Waals surface area contributed by atoms with E-state index in [-0.39, 0.29) is 10.9 Å². The molecule has 0 amide bonds. The lowest BCUT2D eigenvalue weighted by Crippen LogP contribution is -2.29. The first-order valence-electron chi connectivity index (χ1n) is 7.59. The summed E-state index contributed by atoms with van der Waals surface area (Å²) >= 11 is 0. The molecule has 0 saturated heterocycles. The summed E-state index contributed by atoms with van der Waals surface area (Å²) in [5.41, 5.74) is 0.942. The Morgan fingerprint density at radius 3 is 2.38 bits per heavy atom. The maximum Gasteiger partial charge on any atom is 0.238 e. The molecule has 1 rings (SSSR count). The largest absolute Gasteiger partial charge is 0.308 e. The molecule has 120 valence electrons. The molecule has 5 heteroatoms. The van der Waals surface area contributed by atoms with Crippen LogP contribution in [0.2, 0.25) is 0 Å². The van der Waals surface area contributed by atoms with E-state index in [1.807, 2.05) is 13.0 Å². The van der Waals surface area contributed by atoms with Crippen LogP contribution in [0.25, 0.3) is 0 Å². The van der Waals surface area contributed by atoms with Gasteiger partial charge in [0.05, 0.1) is 4.90 Å². The summed E-state index contributed by atoms with van der Waals surface area (Å²) in [6.45, 7) is 8.68. The summed E-state index contributed by atoms with van der Waals surface area (Å²) in [5, 5.41) is 8.69. The fourth-order valence-corrected chi connectivity index (χ4v) is 2.97. The lowest BCUT2D eigenvalue weighted by molar-refractivity contribution is 0.423. The van der Waals surface area contributed by atoms with Gasteiger partial charge in [0.2, 0.25) is 10.0 Å². The van der Waals surface area contributed by atoms with Crippen molar-refractivity contribution in [2.24, 2.45) is 11.1 Å². The van der Waals surface area contributed by atoms with Gasteiger partial charge in [-0.1, -0.05) is 38.8 Å². The molecule has 0 spiro atoms. The zero-order valence-electron chi connectivity index (χ0n) is 13.5. The minimum atomic E-state index is -3.64. The van der Waals surface area contributed by atoms with Gasteiger partial charge in [0.1, 0.15) is 0 Å². The topological polar surface area (TPSA) is 72.2 Å². The molecule has 0 aliphatic carbocycles. The highest BCUT2D eigenvalue weighted by Crippen LogP contribution is 2.18. The number of rotatable bonds is 8. The van der Waals surface area contributed by atoms with E-state index in [9.17, 15) is 8.42 Å². The van der Waals surface area contributed by atoms with E-state index in [1.165, 1.54) is 18.9 Å². The Kier molecular flexibility index (Phi) is 6.84. The average Bonchev–Trinajstić information content (AvgIpc) is 2.37. The number of nitrogens with one attached hydrogen (secondary N) is 1. The summed E-state index contributed by atoms with van der Waals surface area (Å²) < 4.78 is 22.8. The van der Waals surface area contributed by atoms with Crippen LogP contribution in [0.15, 0.2) is 29.2 Å². The number of hydrogen-bond donors (Lipinski definition) is 2. The van der Waals surface area contributed by atoms with Crippen LogP contribution in [0.3, 0.4) is 0 Å². The third kappa shape index (κ3) is 6.59. The molecular weight excluding hydrogens is 284 g/mol. The summed E-state index contributed by atoms with van der Waals surface area (Å²) in [4.78, 5) is 0.168. The Morgan fingerprint density at radius 1 is 1.14 bits per heavy atom. The van der Waals surface area contributed by atoms with Crippen LogP contribution in [-0.2, 0) is 10.0 Å². The number of sulfonamides is 1. The molecule has 0 bridgehead atoms. The molecule has 2 unspecified atom stereocenters. The van der Waals surface area contributed by atoms with E-state index >= 15 is 0 Å². The predicted octanol–water partition coefficient (Wildman–Crippen LogP) is 3.20. The first-order chi connectivity index (χ1) is 9.70. The van der Waals surface area contributed by atoms with Crippen LogP contribution in [0.5, 0.6) is 0 Å². The summed E-state index contributed by atoms with van der Waals surface area (Å²) in [6, 6.07) is 7.33. The van der Waals surface area contributed by atoms with Crippen molar-refractivity contribution in [3.8, 4) is 0 Å². The number of nitrogens with two attached hydrogens (primary N) is 1. The molecule has 0 radical (unpaired) electrons. The minimum absolute atomic E-state index is 0.0979. The van der Waals surface area contributed by atoms with Crippen LogP contribution in [0.4, 0.5) is 0 Å². The Labute approximate surface area is 129 Å².